The number of aromatic nitrogens is 3. The van der Waals surface area contributed by atoms with Crippen molar-refractivity contribution in [2.45, 2.75) is 350 Å². The normalized spacial score (nSPS) is 16.3. The summed E-state index contributed by atoms with van der Waals surface area (Å²) >= 11 is 5.24. The number of rotatable bonds is 46. The number of carbonyl (C=O) groups is 3. The van der Waals surface area contributed by atoms with Gasteiger partial charge in [0.15, 0.2) is 15.4 Å². The highest BCUT2D eigenvalue weighted by Crippen LogP contribution is 2.43. The molecule has 3 aliphatic heterocycles. The molecule has 684 valence electrons. The molecule has 0 N–H and O–H groups in total. The first kappa shape index (κ1) is 103. The summed E-state index contributed by atoms with van der Waals surface area (Å²) in [5.41, 5.74) is 11.5. The SMILES string of the molecule is CCCCC(CC)CN(CC(CC)CCCC)c1nc(C(C)(C)C)c(/C=C2\C(=O)N(c3ccc(C)cc3)N=C2C)s1.CCCCC(CC)CN(CC(CC)CCCC)c1nc(C(C)(C)C)c(/C=C2\C(=O)N(c3ccc(OC)cc3)N=C2C)s1.CCCCC(CC)CN(CC(CC)CCCC)c1nc(C(C)(C)C)c(/C=C2\C(=O)N(c3cccc(C)c3)N=C2C)s1. The molecule has 124 heavy (non-hydrogen) atoms. The van der Waals surface area contributed by atoms with Crippen LogP contribution in [-0.4, -0.2) is 96.2 Å². The molecule has 0 saturated heterocycles. The van der Waals surface area contributed by atoms with E-state index in [9.17, 15) is 14.4 Å². The number of benzene rings is 3. The minimum Gasteiger partial charge on any atom is -0.497 e. The fourth-order valence-electron chi connectivity index (χ4n) is 16.5. The first-order chi connectivity index (χ1) is 59.1. The van der Waals surface area contributed by atoms with Crippen molar-refractivity contribution in [1.29, 1.82) is 0 Å². The number of hydrazone groups is 3. The van der Waals surface area contributed by atoms with Crippen molar-refractivity contribution in [3.63, 3.8) is 0 Å². The van der Waals surface area contributed by atoms with Crippen molar-refractivity contribution in [3.05, 3.63) is 132 Å². The number of methoxy groups -OCH3 is 1. The molecule has 9 rings (SSSR count). The second-order valence-electron chi connectivity index (χ2n) is 38.5. The van der Waals surface area contributed by atoms with Crippen LogP contribution in [0.1, 0.15) is 363 Å². The lowest BCUT2D eigenvalue weighted by atomic mass is 9.91. The minimum atomic E-state index is -0.159. The lowest BCUT2D eigenvalue weighted by Gasteiger charge is -2.30. The van der Waals surface area contributed by atoms with Gasteiger partial charge in [-0.05, 0) is 181 Å². The van der Waals surface area contributed by atoms with Gasteiger partial charge in [0.05, 0.1) is 89.7 Å². The van der Waals surface area contributed by atoms with Crippen LogP contribution in [-0.2, 0) is 30.6 Å². The van der Waals surface area contributed by atoms with Gasteiger partial charge in [0.2, 0.25) is 0 Å². The van der Waals surface area contributed by atoms with Crippen molar-refractivity contribution in [3.8, 4) is 5.75 Å². The zero-order valence-electron chi connectivity index (χ0n) is 82.1. The van der Waals surface area contributed by atoms with Gasteiger partial charge in [-0.3, -0.25) is 14.4 Å². The smallest absolute Gasteiger partial charge is 0.280 e. The van der Waals surface area contributed by atoms with E-state index in [-0.39, 0.29) is 34.0 Å². The Bertz CT molecular complexity index is 4440. The maximum atomic E-state index is 13.6. The van der Waals surface area contributed by atoms with Crippen molar-refractivity contribution in [2.75, 3.05) is 76.1 Å². The van der Waals surface area contributed by atoms with Gasteiger partial charge in [-0.25, -0.2) is 15.0 Å². The van der Waals surface area contributed by atoms with E-state index in [4.69, 9.17) is 19.7 Å². The van der Waals surface area contributed by atoms with E-state index in [1.165, 1.54) is 164 Å². The number of nitrogens with zero attached hydrogens (tertiary/aromatic N) is 12. The lowest BCUT2D eigenvalue weighted by molar-refractivity contribution is -0.115. The molecular weight excluding hydrogens is 1590 g/mol. The Morgan fingerprint density at radius 2 is 0.613 bits per heavy atom. The highest BCUT2D eigenvalue weighted by molar-refractivity contribution is 7.17. The first-order valence-corrected chi connectivity index (χ1v) is 50.5. The molecule has 6 atom stereocenters. The molecule has 19 heteroatoms. The number of thiazole rings is 3. The Hall–Kier alpha value is -7.61. The van der Waals surface area contributed by atoms with Crippen LogP contribution < -0.4 is 34.5 Å². The van der Waals surface area contributed by atoms with E-state index < -0.39 is 0 Å². The fourth-order valence-corrected chi connectivity index (χ4v) is 20.2. The number of anilines is 6. The second kappa shape index (κ2) is 50.2. The molecule has 3 aromatic heterocycles. The predicted octanol–water partition coefficient (Wildman–Crippen LogP) is 29.1. The van der Waals surface area contributed by atoms with Gasteiger partial charge in [-0.15, -0.1) is 0 Å². The van der Waals surface area contributed by atoms with Crippen LogP contribution in [0.25, 0.3) is 18.2 Å². The average Bonchev–Trinajstić information content (AvgIpc) is 1.64. The molecule has 0 saturated carbocycles. The largest absolute Gasteiger partial charge is 0.497 e. The molecule has 3 amide bonds. The zero-order chi connectivity index (χ0) is 91.2. The summed E-state index contributed by atoms with van der Waals surface area (Å²) in [5.74, 6) is 4.45. The van der Waals surface area contributed by atoms with E-state index in [1.807, 2.05) is 113 Å². The highest BCUT2D eigenvalue weighted by Gasteiger charge is 2.37. The zero-order valence-corrected chi connectivity index (χ0v) is 84.5. The number of unbranched alkanes of at least 4 members (excludes halogenated alkanes) is 6. The van der Waals surface area contributed by atoms with E-state index in [0.717, 1.165) is 137 Å². The Morgan fingerprint density at radius 3 is 0.847 bits per heavy atom. The van der Waals surface area contributed by atoms with E-state index >= 15 is 0 Å². The summed E-state index contributed by atoms with van der Waals surface area (Å²) < 4.78 is 5.29. The van der Waals surface area contributed by atoms with Gasteiger partial charge in [-0.2, -0.15) is 30.3 Å². The van der Waals surface area contributed by atoms with E-state index in [1.54, 1.807) is 46.1 Å². The van der Waals surface area contributed by atoms with Crippen LogP contribution >= 0.6 is 34.0 Å². The van der Waals surface area contributed by atoms with Crippen LogP contribution in [0.4, 0.5) is 32.5 Å². The summed E-state index contributed by atoms with van der Waals surface area (Å²) in [5, 5.41) is 21.8. The van der Waals surface area contributed by atoms with Crippen LogP contribution in [0.3, 0.4) is 0 Å². The molecule has 0 spiro atoms. The average molecular weight is 1750 g/mol. The monoisotopic (exact) mass is 1750 g/mol. The van der Waals surface area contributed by atoms with Crippen LogP contribution in [0.2, 0.25) is 0 Å². The fraction of sp³-hybridized carbons (Fsp3) is 0.629. The van der Waals surface area contributed by atoms with Gasteiger partial charge in [-0.1, -0.05) is 325 Å². The summed E-state index contributed by atoms with van der Waals surface area (Å²) in [6.45, 7) is 63.8. The number of hydrogen-bond acceptors (Lipinski definition) is 16. The van der Waals surface area contributed by atoms with E-state index in [0.29, 0.717) is 52.2 Å². The third-order valence-electron chi connectivity index (χ3n) is 24.9. The summed E-state index contributed by atoms with van der Waals surface area (Å²) in [6, 6.07) is 23.4. The molecule has 6 heterocycles. The third kappa shape index (κ3) is 29.7. The molecule has 16 nitrogen and oxygen atoms in total. The summed E-state index contributed by atoms with van der Waals surface area (Å²) in [4.78, 5) is 67.8. The molecule has 6 aromatic rings. The van der Waals surface area contributed by atoms with Crippen LogP contribution in [0, 0.1) is 49.4 Å². The topological polar surface area (TPSA) is 156 Å². The molecule has 0 bridgehead atoms. The quantitative estimate of drug-likeness (QED) is 0.0337. The van der Waals surface area contributed by atoms with Crippen LogP contribution in [0.15, 0.2) is 105 Å². The number of hydrogen-bond donors (Lipinski definition) is 0. The maximum absolute atomic E-state index is 13.6. The van der Waals surface area contributed by atoms with Crippen molar-refractivity contribution in [1.82, 2.24) is 15.0 Å². The van der Waals surface area contributed by atoms with E-state index in [2.05, 4.69) is 188 Å². The van der Waals surface area contributed by atoms with Gasteiger partial charge in [0, 0.05) is 55.5 Å². The third-order valence-corrected chi connectivity index (χ3v) is 28.0. The molecule has 0 fully saturated rings. The second-order valence-corrected chi connectivity index (χ2v) is 41.6. The molecule has 6 unspecified atom stereocenters. The van der Waals surface area contributed by atoms with Gasteiger partial charge in [0.25, 0.3) is 17.7 Å². The van der Waals surface area contributed by atoms with Crippen LogP contribution in [0.5, 0.6) is 5.75 Å². The Balaban J connectivity index is 0.000000256. The number of amides is 3. The first-order valence-electron chi connectivity index (χ1n) is 48.0. The van der Waals surface area contributed by atoms with Crippen molar-refractivity contribution >= 4 is 120 Å². The maximum Gasteiger partial charge on any atom is 0.280 e. The number of ether oxygens (including phenoxy) is 1. The molecule has 0 aliphatic carbocycles. The minimum absolute atomic E-state index is 0.0732. The molecular formula is C105H162N12O4S3. The Morgan fingerprint density at radius 1 is 0.355 bits per heavy atom. The van der Waals surface area contributed by atoms with Crippen molar-refractivity contribution in [2.24, 2.45) is 50.8 Å². The Labute approximate surface area is 763 Å². The van der Waals surface area contributed by atoms with Gasteiger partial charge < -0.3 is 19.4 Å². The Kier molecular flexibility index (Phi) is 41.9. The van der Waals surface area contributed by atoms with Gasteiger partial charge in [0.1, 0.15) is 5.75 Å². The number of carbonyl (C=O) groups excluding carboxylic acids is 3. The van der Waals surface area contributed by atoms with Crippen molar-refractivity contribution < 1.29 is 19.1 Å². The lowest BCUT2D eigenvalue weighted by Crippen LogP contribution is -2.34. The molecule has 3 aromatic carbocycles. The number of aryl methyl sites for hydroxylation is 2. The molecule has 0 radical (unpaired) electrons. The van der Waals surface area contributed by atoms with Gasteiger partial charge >= 0.3 is 0 Å². The summed E-state index contributed by atoms with van der Waals surface area (Å²) in [7, 11) is 1.64. The summed E-state index contributed by atoms with van der Waals surface area (Å²) in [6.07, 6.45) is 35.9. The molecule has 3 aliphatic rings. The predicted molar refractivity (Wildman–Crippen MR) is 540 cm³/mol. The highest BCUT2D eigenvalue weighted by atomic mass is 32.1. The standard InChI is InChI=1S/C35H54N4O2S.2C35H54N4OS/c1-10-14-16-26(12-3)23-38(24-27(13-4)17-15-11-2)34-36-32(35(6,7)8)31(42-34)22-30-25(5)37-39(33(30)40)28-18-20-29(41-9)21-19-28;1-10-14-18-27(12-3)23-38(24-28(13-4)19-15-11-2)34-36-32(35(7,8)9)31(41-34)22-30-26(6)37-39(33(30)40)29-20-16-17-25(5)21-29;1-10-14-16-27(12-3)23-38(24-28(13-4)17-15-11-2)34-36-32(35(7,8)9)31(41-34)22-30-26(6)37-39(33(30)40)29-20-18-25(5)19-21-29/h18-22,26-27H,10-17,23-24H2,1-9H3;16-17,20-22,27-28H,10-15,18-19,23-24H2,1-9H3;18-22,27-28H,10-17,23-24H2,1-9H3/b3*30-22-.